The van der Waals surface area contributed by atoms with Crippen LogP contribution in [0.4, 0.5) is 0 Å². The van der Waals surface area contributed by atoms with E-state index in [0.717, 1.165) is 5.88 Å². The van der Waals surface area contributed by atoms with Gasteiger partial charge in [-0.2, -0.15) is 0 Å². The van der Waals surface area contributed by atoms with E-state index < -0.39 is 0 Å². The number of halogens is 1. The van der Waals surface area contributed by atoms with Crippen LogP contribution in [0.5, 0.6) is 0 Å². The molecule has 0 aromatic carbocycles. The van der Waals surface area contributed by atoms with E-state index in [1.807, 2.05) is 0 Å². The molecule has 0 aliphatic heterocycles. The molecular weight excluding hydrogens is 168 g/mol. The largest absolute Gasteiger partial charge is 0.127 e. The molecule has 0 fully saturated rings. The SMILES string of the molecule is CCC/C=C\CCCCCCCl. The summed E-state index contributed by atoms with van der Waals surface area (Å²) in [6.45, 7) is 2.21. The molecule has 0 saturated heterocycles. The summed E-state index contributed by atoms with van der Waals surface area (Å²) >= 11 is 5.57. The maximum absolute atomic E-state index is 5.57. The van der Waals surface area contributed by atoms with Gasteiger partial charge in [0.2, 0.25) is 0 Å². The van der Waals surface area contributed by atoms with Gasteiger partial charge in [0.05, 0.1) is 0 Å². The molecule has 1 heteroatoms. The van der Waals surface area contributed by atoms with Crippen molar-refractivity contribution in [1.29, 1.82) is 0 Å². The molecular formula is C11H21Cl. The van der Waals surface area contributed by atoms with Gasteiger partial charge in [-0.1, -0.05) is 38.3 Å². The highest BCUT2D eigenvalue weighted by atomic mass is 35.5. The Morgan fingerprint density at radius 3 is 2.25 bits per heavy atom. The molecule has 0 aromatic rings. The molecule has 0 nitrogen and oxygen atoms in total. The Balaban J connectivity index is 2.90. The van der Waals surface area contributed by atoms with Gasteiger partial charge in [-0.15, -0.1) is 11.6 Å². The second-order valence-corrected chi connectivity index (χ2v) is 3.53. The van der Waals surface area contributed by atoms with Gasteiger partial charge in [-0.3, -0.25) is 0 Å². The van der Waals surface area contributed by atoms with E-state index in [9.17, 15) is 0 Å². The molecule has 0 saturated carbocycles. The third-order valence-corrected chi connectivity index (χ3v) is 2.14. The van der Waals surface area contributed by atoms with E-state index in [1.165, 1.54) is 44.9 Å². The fourth-order valence-corrected chi connectivity index (χ4v) is 1.30. The number of rotatable bonds is 8. The Kier molecular flexibility index (Phi) is 11.1. The Hall–Kier alpha value is 0.0300. The smallest absolute Gasteiger partial charge is 0.0223 e. The summed E-state index contributed by atoms with van der Waals surface area (Å²) in [6, 6.07) is 0. The highest BCUT2D eigenvalue weighted by Gasteiger charge is 1.86. The van der Waals surface area contributed by atoms with Crippen molar-refractivity contribution >= 4 is 11.6 Å². The minimum atomic E-state index is 0.825. The van der Waals surface area contributed by atoms with Crippen molar-refractivity contribution in [1.82, 2.24) is 0 Å². The minimum absolute atomic E-state index is 0.825. The summed E-state index contributed by atoms with van der Waals surface area (Å²) in [5, 5.41) is 0. The maximum atomic E-state index is 5.57. The molecule has 0 aliphatic rings. The highest BCUT2D eigenvalue weighted by Crippen LogP contribution is 2.04. The van der Waals surface area contributed by atoms with Gasteiger partial charge in [-0.05, 0) is 25.7 Å². The van der Waals surface area contributed by atoms with Crippen LogP contribution in [-0.2, 0) is 0 Å². The summed E-state index contributed by atoms with van der Waals surface area (Å²) < 4.78 is 0. The zero-order valence-electron chi connectivity index (χ0n) is 8.19. The van der Waals surface area contributed by atoms with Crippen molar-refractivity contribution in [2.75, 3.05) is 5.88 Å². The molecule has 0 radical (unpaired) electrons. The number of hydrogen-bond acceptors (Lipinski definition) is 0. The van der Waals surface area contributed by atoms with E-state index in [1.54, 1.807) is 0 Å². The monoisotopic (exact) mass is 188 g/mol. The Bertz CT molecular complexity index is 97.2. The van der Waals surface area contributed by atoms with Crippen molar-refractivity contribution in [3.8, 4) is 0 Å². The van der Waals surface area contributed by atoms with E-state index >= 15 is 0 Å². The zero-order valence-corrected chi connectivity index (χ0v) is 8.95. The van der Waals surface area contributed by atoms with Gasteiger partial charge in [0, 0.05) is 5.88 Å². The summed E-state index contributed by atoms with van der Waals surface area (Å²) in [4.78, 5) is 0. The topological polar surface area (TPSA) is 0 Å². The standard InChI is InChI=1S/C11H21Cl/c1-2-3-4-5-6-7-8-9-10-11-12/h4-5H,2-3,6-11H2,1H3/b5-4-. The quantitative estimate of drug-likeness (QED) is 0.298. The Labute approximate surface area is 82.0 Å². The summed E-state index contributed by atoms with van der Waals surface area (Å²) in [7, 11) is 0. The van der Waals surface area contributed by atoms with E-state index in [-0.39, 0.29) is 0 Å². The van der Waals surface area contributed by atoms with Crippen LogP contribution in [-0.4, -0.2) is 5.88 Å². The van der Waals surface area contributed by atoms with Crippen molar-refractivity contribution < 1.29 is 0 Å². The average Bonchev–Trinajstić information content (AvgIpc) is 2.10. The Morgan fingerprint density at radius 1 is 0.917 bits per heavy atom. The highest BCUT2D eigenvalue weighted by molar-refractivity contribution is 6.17. The molecule has 0 atom stereocenters. The van der Waals surface area contributed by atoms with Crippen molar-refractivity contribution in [2.24, 2.45) is 0 Å². The summed E-state index contributed by atoms with van der Waals surface area (Å²) in [6.07, 6.45) is 13.5. The fourth-order valence-electron chi connectivity index (χ4n) is 1.11. The number of unbranched alkanes of at least 4 members (excludes halogenated alkanes) is 5. The van der Waals surface area contributed by atoms with Crippen LogP contribution in [0.25, 0.3) is 0 Å². The second-order valence-electron chi connectivity index (χ2n) is 3.15. The van der Waals surface area contributed by atoms with Crippen LogP contribution >= 0.6 is 11.6 Å². The molecule has 0 bridgehead atoms. The maximum Gasteiger partial charge on any atom is 0.0223 e. The normalized spacial score (nSPS) is 11.2. The van der Waals surface area contributed by atoms with Crippen LogP contribution < -0.4 is 0 Å². The lowest BCUT2D eigenvalue weighted by Crippen LogP contribution is -1.77. The lowest BCUT2D eigenvalue weighted by Gasteiger charge is -1.95. The molecule has 0 rings (SSSR count). The van der Waals surface area contributed by atoms with Crippen molar-refractivity contribution in [3.05, 3.63) is 12.2 Å². The third kappa shape index (κ3) is 10.0. The Morgan fingerprint density at radius 2 is 1.58 bits per heavy atom. The molecule has 12 heavy (non-hydrogen) atoms. The van der Waals surface area contributed by atoms with Crippen LogP contribution in [0, 0.1) is 0 Å². The fraction of sp³-hybridized carbons (Fsp3) is 0.818. The predicted octanol–water partition coefficient (Wildman–Crippen LogP) is 4.53. The first-order chi connectivity index (χ1) is 5.91. The average molecular weight is 189 g/mol. The first kappa shape index (κ1) is 12.0. The molecule has 0 aromatic heterocycles. The summed E-state index contributed by atoms with van der Waals surface area (Å²) in [5.74, 6) is 0.825. The van der Waals surface area contributed by atoms with Gasteiger partial charge in [0.15, 0.2) is 0 Å². The van der Waals surface area contributed by atoms with Crippen molar-refractivity contribution in [2.45, 2.75) is 51.9 Å². The van der Waals surface area contributed by atoms with Gasteiger partial charge in [-0.25, -0.2) is 0 Å². The van der Waals surface area contributed by atoms with E-state index in [4.69, 9.17) is 11.6 Å². The lowest BCUT2D eigenvalue weighted by atomic mass is 10.1. The molecule has 0 aliphatic carbocycles. The molecule has 72 valence electrons. The molecule has 0 N–H and O–H groups in total. The number of alkyl halides is 1. The first-order valence-corrected chi connectivity index (χ1v) is 5.66. The minimum Gasteiger partial charge on any atom is -0.127 e. The van der Waals surface area contributed by atoms with Gasteiger partial charge in [0.25, 0.3) is 0 Å². The second kappa shape index (κ2) is 11.0. The molecule has 0 amide bonds. The lowest BCUT2D eigenvalue weighted by molar-refractivity contribution is 0.676. The van der Waals surface area contributed by atoms with Gasteiger partial charge >= 0.3 is 0 Å². The van der Waals surface area contributed by atoms with Gasteiger partial charge < -0.3 is 0 Å². The van der Waals surface area contributed by atoms with Crippen LogP contribution in [0.3, 0.4) is 0 Å². The predicted molar refractivity (Wildman–Crippen MR) is 57.9 cm³/mol. The summed E-state index contributed by atoms with van der Waals surface area (Å²) in [5.41, 5.74) is 0. The number of hydrogen-bond donors (Lipinski definition) is 0. The van der Waals surface area contributed by atoms with E-state index in [2.05, 4.69) is 19.1 Å². The molecule has 0 heterocycles. The number of allylic oxidation sites excluding steroid dienone is 2. The van der Waals surface area contributed by atoms with Crippen LogP contribution in [0.15, 0.2) is 12.2 Å². The molecule has 0 unspecified atom stereocenters. The van der Waals surface area contributed by atoms with Crippen LogP contribution in [0.1, 0.15) is 51.9 Å². The first-order valence-electron chi connectivity index (χ1n) is 5.12. The van der Waals surface area contributed by atoms with Gasteiger partial charge in [0.1, 0.15) is 0 Å². The third-order valence-electron chi connectivity index (χ3n) is 1.88. The van der Waals surface area contributed by atoms with Crippen LogP contribution in [0.2, 0.25) is 0 Å². The van der Waals surface area contributed by atoms with E-state index in [0.29, 0.717) is 0 Å². The molecule has 0 spiro atoms. The van der Waals surface area contributed by atoms with Crippen molar-refractivity contribution in [3.63, 3.8) is 0 Å². The zero-order chi connectivity index (χ0) is 9.07.